The third-order valence-corrected chi connectivity index (χ3v) is 4.11. The van der Waals surface area contributed by atoms with E-state index in [0.29, 0.717) is 11.3 Å². The molecule has 1 unspecified atom stereocenters. The predicted octanol–water partition coefficient (Wildman–Crippen LogP) is 2.77. The number of hydroxylamine groups is 3. The van der Waals surface area contributed by atoms with Gasteiger partial charge in [0.25, 0.3) is 5.71 Å². The van der Waals surface area contributed by atoms with Gasteiger partial charge in [-0.15, -0.1) is 5.06 Å². The Kier molecular flexibility index (Phi) is 3.39. The molecule has 0 saturated heterocycles. The molecule has 1 heterocycles. The van der Waals surface area contributed by atoms with Crippen molar-refractivity contribution in [3.63, 3.8) is 0 Å². The maximum Gasteiger partial charge on any atom is 0.309 e. The van der Waals surface area contributed by atoms with Crippen molar-refractivity contribution in [1.29, 1.82) is 0 Å². The van der Waals surface area contributed by atoms with Crippen LogP contribution in [-0.2, 0) is 0 Å². The number of aromatic hydroxyl groups is 1. The van der Waals surface area contributed by atoms with Gasteiger partial charge >= 0.3 is 6.17 Å². The Morgan fingerprint density at radius 2 is 1.59 bits per heavy atom. The summed E-state index contributed by atoms with van der Waals surface area (Å²) in [5.41, 5.74) is 1.01. The van der Waals surface area contributed by atoms with E-state index < -0.39 is 11.7 Å². The Morgan fingerprint density at radius 1 is 1.00 bits per heavy atom. The minimum Gasteiger partial charge on any atom is -0.507 e. The number of phenols is 1. The molecule has 5 nitrogen and oxygen atoms in total. The zero-order valence-corrected chi connectivity index (χ0v) is 12.5. The second-order valence-electron chi connectivity index (χ2n) is 5.90. The van der Waals surface area contributed by atoms with Crippen molar-refractivity contribution in [3.05, 3.63) is 65.7 Å². The molecule has 1 aliphatic heterocycles. The van der Waals surface area contributed by atoms with Gasteiger partial charge < -0.3 is 10.3 Å². The molecule has 3 rings (SSSR count). The molecular formula is C17H19N2O3+. The van der Waals surface area contributed by atoms with Gasteiger partial charge in [0.05, 0.1) is 5.56 Å². The van der Waals surface area contributed by atoms with E-state index in [2.05, 4.69) is 0 Å². The van der Waals surface area contributed by atoms with E-state index in [4.69, 9.17) is 0 Å². The Hall–Kier alpha value is -2.37. The van der Waals surface area contributed by atoms with Gasteiger partial charge in [0.2, 0.25) is 0 Å². The van der Waals surface area contributed by atoms with Crippen LogP contribution in [0.5, 0.6) is 5.75 Å². The van der Waals surface area contributed by atoms with Gasteiger partial charge in [-0.05, 0) is 38.1 Å². The number of hydrogen-bond acceptors (Lipinski definition) is 4. The molecule has 22 heavy (non-hydrogen) atoms. The fourth-order valence-electron chi connectivity index (χ4n) is 2.97. The minimum absolute atomic E-state index is 0.0238. The topological polar surface area (TPSA) is 66.9 Å². The molecule has 0 bridgehead atoms. The molecule has 0 radical (unpaired) electrons. The van der Waals surface area contributed by atoms with Crippen LogP contribution in [-0.4, -0.2) is 36.6 Å². The first-order valence-corrected chi connectivity index (χ1v) is 7.11. The van der Waals surface area contributed by atoms with E-state index in [9.17, 15) is 15.5 Å². The smallest absolute Gasteiger partial charge is 0.309 e. The molecule has 3 N–H and O–H groups in total. The molecule has 2 aromatic carbocycles. The summed E-state index contributed by atoms with van der Waals surface area (Å²) in [6, 6.07) is 16.1. The van der Waals surface area contributed by atoms with Crippen molar-refractivity contribution >= 4 is 5.71 Å². The lowest BCUT2D eigenvalue weighted by Gasteiger charge is -2.24. The number of para-hydroxylation sites is 1. The first-order chi connectivity index (χ1) is 10.4. The predicted molar refractivity (Wildman–Crippen MR) is 81.2 cm³/mol. The summed E-state index contributed by atoms with van der Waals surface area (Å²) >= 11 is 0. The van der Waals surface area contributed by atoms with E-state index in [1.54, 1.807) is 18.2 Å². The molecule has 1 aliphatic rings. The molecule has 0 saturated carbocycles. The lowest BCUT2D eigenvalue weighted by Crippen LogP contribution is -2.44. The SMILES string of the molecule is CC1(C)C(c2ccccc2)=[N+](O)C(c2ccccc2O)N1O. The van der Waals surface area contributed by atoms with E-state index in [0.717, 1.165) is 15.4 Å². The van der Waals surface area contributed by atoms with E-state index in [1.165, 1.54) is 6.07 Å². The Labute approximate surface area is 128 Å². The van der Waals surface area contributed by atoms with Crippen molar-refractivity contribution < 1.29 is 20.3 Å². The summed E-state index contributed by atoms with van der Waals surface area (Å²) in [5, 5.41) is 32.4. The van der Waals surface area contributed by atoms with Crippen LogP contribution in [0.1, 0.15) is 31.1 Å². The second-order valence-corrected chi connectivity index (χ2v) is 5.90. The first-order valence-electron chi connectivity index (χ1n) is 7.11. The zero-order chi connectivity index (χ0) is 15.9. The zero-order valence-electron chi connectivity index (χ0n) is 12.5. The van der Waals surface area contributed by atoms with Gasteiger partial charge in [0, 0.05) is 10.3 Å². The number of benzene rings is 2. The number of rotatable bonds is 2. The van der Waals surface area contributed by atoms with Crippen LogP contribution in [0.2, 0.25) is 0 Å². The number of nitrogens with zero attached hydrogens (tertiary/aromatic N) is 2. The average Bonchev–Trinajstić information content (AvgIpc) is 2.67. The van der Waals surface area contributed by atoms with Crippen molar-refractivity contribution in [1.82, 2.24) is 5.06 Å². The lowest BCUT2D eigenvalue weighted by atomic mass is 9.93. The van der Waals surface area contributed by atoms with E-state index in [1.807, 2.05) is 44.2 Å². The molecule has 0 aromatic heterocycles. The van der Waals surface area contributed by atoms with E-state index >= 15 is 0 Å². The molecule has 114 valence electrons. The summed E-state index contributed by atoms with van der Waals surface area (Å²) in [7, 11) is 0. The van der Waals surface area contributed by atoms with Gasteiger partial charge in [0.15, 0.2) is 0 Å². The molecule has 0 fully saturated rings. The summed E-state index contributed by atoms with van der Waals surface area (Å²) in [4.78, 5) is 0. The molecule has 0 amide bonds. The van der Waals surface area contributed by atoms with Gasteiger partial charge in [-0.25, -0.2) is 0 Å². The Balaban J connectivity index is 2.18. The summed E-state index contributed by atoms with van der Waals surface area (Å²) in [6.07, 6.45) is -0.869. The van der Waals surface area contributed by atoms with Gasteiger partial charge in [0.1, 0.15) is 11.3 Å². The molecule has 1 atom stereocenters. The molecular weight excluding hydrogens is 280 g/mol. The Morgan fingerprint density at radius 3 is 2.23 bits per heavy atom. The highest BCUT2D eigenvalue weighted by Crippen LogP contribution is 2.39. The van der Waals surface area contributed by atoms with Crippen molar-refractivity contribution in [2.75, 3.05) is 0 Å². The van der Waals surface area contributed by atoms with Crippen LogP contribution in [0.15, 0.2) is 54.6 Å². The van der Waals surface area contributed by atoms with Crippen LogP contribution in [0, 0.1) is 0 Å². The summed E-state index contributed by atoms with van der Waals surface area (Å²) in [6.45, 7) is 3.64. The van der Waals surface area contributed by atoms with Crippen LogP contribution in [0.25, 0.3) is 0 Å². The summed E-state index contributed by atoms with van der Waals surface area (Å²) in [5.74, 6) is 0.0238. The average molecular weight is 299 g/mol. The Bertz CT molecular complexity index is 726. The summed E-state index contributed by atoms with van der Waals surface area (Å²) < 4.78 is 1.02. The van der Waals surface area contributed by atoms with Crippen LogP contribution in [0.4, 0.5) is 0 Å². The molecule has 5 heteroatoms. The molecule has 0 aliphatic carbocycles. The van der Waals surface area contributed by atoms with Crippen molar-refractivity contribution in [3.8, 4) is 5.75 Å². The highest BCUT2D eigenvalue weighted by atomic mass is 16.5. The molecule has 2 aromatic rings. The lowest BCUT2D eigenvalue weighted by molar-refractivity contribution is -0.816. The largest absolute Gasteiger partial charge is 0.507 e. The third kappa shape index (κ3) is 2.06. The first kappa shape index (κ1) is 14.6. The number of hydrogen-bond donors (Lipinski definition) is 3. The highest BCUT2D eigenvalue weighted by molar-refractivity contribution is 6.03. The number of phenolic OH excluding ortho intramolecular Hbond substituents is 1. The van der Waals surface area contributed by atoms with Crippen LogP contribution < -0.4 is 0 Å². The van der Waals surface area contributed by atoms with Gasteiger partial charge in [-0.1, -0.05) is 30.3 Å². The van der Waals surface area contributed by atoms with Crippen LogP contribution in [0.3, 0.4) is 0 Å². The maximum atomic E-state index is 10.7. The maximum absolute atomic E-state index is 10.7. The van der Waals surface area contributed by atoms with Gasteiger partial charge in [-0.3, -0.25) is 5.21 Å². The van der Waals surface area contributed by atoms with Crippen molar-refractivity contribution in [2.24, 2.45) is 0 Å². The van der Waals surface area contributed by atoms with E-state index in [-0.39, 0.29) is 5.75 Å². The van der Waals surface area contributed by atoms with Crippen molar-refractivity contribution in [2.45, 2.75) is 25.6 Å². The molecule has 0 spiro atoms. The monoisotopic (exact) mass is 299 g/mol. The van der Waals surface area contributed by atoms with Crippen LogP contribution >= 0.6 is 0 Å². The van der Waals surface area contributed by atoms with Gasteiger partial charge in [-0.2, -0.15) is 0 Å². The highest BCUT2D eigenvalue weighted by Gasteiger charge is 2.56. The second kappa shape index (κ2) is 5.12. The standard InChI is InChI=1S/C17H18N2O3/c1-17(2)15(12-8-4-3-5-9-12)18(21)16(19(17)22)13-10-6-7-11-14(13)20/h3-11,16,22H,1-2H3,(H-,20,21)/p+1. The normalized spacial score (nSPS) is 21.3. The third-order valence-electron chi connectivity index (χ3n) is 4.11. The fraction of sp³-hybridized carbons (Fsp3) is 0.235. The quantitative estimate of drug-likeness (QED) is 0.589. The fourth-order valence-corrected chi connectivity index (χ4v) is 2.97. The minimum atomic E-state index is -0.869.